The maximum Gasteiger partial charge on any atom is 0.142 e. The van der Waals surface area contributed by atoms with Crippen molar-refractivity contribution in [3.05, 3.63) is 35.7 Å². The molecule has 0 radical (unpaired) electrons. The topological polar surface area (TPSA) is 48.3 Å². The molecule has 0 aliphatic heterocycles. The van der Waals surface area contributed by atoms with Crippen molar-refractivity contribution in [3.63, 3.8) is 0 Å². The Bertz CT molecular complexity index is 593. The molecule has 5 heteroatoms. The monoisotopic (exact) mass is 289 g/mol. The summed E-state index contributed by atoms with van der Waals surface area (Å²) in [6, 6.07) is 5.84. The van der Waals surface area contributed by atoms with Crippen LogP contribution in [0.25, 0.3) is 0 Å². The van der Waals surface area contributed by atoms with Crippen LogP contribution in [0.1, 0.15) is 25.1 Å². The summed E-state index contributed by atoms with van der Waals surface area (Å²) in [5, 5.41) is 7.66. The standard InChI is InChI=1S/C16H23N3O2/c1-5-20-14-7-8-16(21-6-2)15(9-14)17-10-13-11-18-19(4)12(13)3/h7-9,11,17H,5-6,10H2,1-4H3. The number of anilines is 1. The van der Waals surface area contributed by atoms with Gasteiger partial charge in [0, 0.05) is 30.9 Å². The van der Waals surface area contributed by atoms with E-state index in [0.717, 1.165) is 22.9 Å². The smallest absolute Gasteiger partial charge is 0.142 e. The van der Waals surface area contributed by atoms with Crippen molar-refractivity contribution in [2.45, 2.75) is 27.3 Å². The van der Waals surface area contributed by atoms with Gasteiger partial charge in [0.15, 0.2) is 0 Å². The summed E-state index contributed by atoms with van der Waals surface area (Å²) in [4.78, 5) is 0. The zero-order valence-corrected chi connectivity index (χ0v) is 13.1. The van der Waals surface area contributed by atoms with Crippen molar-refractivity contribution in [1.82, 2.24) is 9.78 Å². The number of nitrogens with one attached hydrogen (secondary N) is 1. The molecule has 0 saturated heterocycles. The van der Waals surface area contributed by atoms with E-state index in [1.54, 1.807) is 0 Å². The van der Waals surface area contributed by atoms with Gasteiger partial charge in [-0.1, -0.05) is 0 Å². The summed E-state index contributed by atoms with van der Waals surface area (Å²) >= 11 is 0. The zero-order chi connectivity index (χ0) is 15.2. The molecule has 114 valence electrons. The molecule has 0 aliphatic carbocycles. The number of aryl methyl sites for hydroxylation is 1. The molecule has 0 bridgehead atoms. The van der Waals surface area contributed by atoms with Crippen molar-refractivity contribution >= 4 is 5.69 Å². The Morgan fingerprint density at radius 1 is 1.19 bits per heavy atom. The molecule has 2 aromatic rings. The van der Waals surface area contributed by atoms with E-state index in [1.807, 2.05) is 50.0 Å². The summed E-state index contributed by atoms with van der Waals surface area (Å²) in [5.74, 6) is 1.67. The number of ether oxygens (including phenoxy) is 2. The second-order valence-corrected chi connectivity index (χ2v) is 4.76. The number of aromatic nitrogens is 2. The van der Waals surface area contributed by atoms with Crippen LogP contribution in [-0.4, -0.2) is 23.0 Å². The minimum absolute atomic E-state index is 0.634. The van der Waals surface area contributed by atoms with Gasteiger partial charge in [0.05, 0.1) is 25.1 Å². The van der Waals surface area contributed by atoms with Gasteiger partial charge in [-0.25, -0.2) is 0 Å². The lowest BCUT2D eigenvalue weighted by atomic mass is 10.2. The number of hydrogen-bond acceptors (Lipinski definition) is 4. The van der Waals surface area contributed by atoms with Crippen molar-refractivity contribution in [2.24, 2.45) is 7.05 Å². The zero-order valence-electron chi connectivity index (χ0n) is 13.1. The van der Waals surface area contributed by atoms with Gasteiger partial charge in [0.1, 0.15) is 11.5 Å². The Kier molecular flexibility index (Phi) is 5.09. The first-order chi connectivity index (χ1) is 10.2. The van der Waals surface area contributed by atoms with Gasteiger partial charge in [0.2, 0.25) is 0 Å². The first-order valence-electron chi connectivity index (χ1n) is 7.26. The quantitative estimate of drug-likeness (QED) is 0.850. The third-order valence-corrected chi connectivity index (χ3v) is 3.37. The molecule has 1 aromatic carbocycles. The molecule has 0 saturated carbocycles. The van der Waals surface area contributed by atoms with E-state index >= 15 is 0 Å². The second kappa shape index (κ2) is 7.02. The molecule has 0 atom stereocenters. The molecule has 0 unspecified atom stereocenters. The number of benzene rings is 1. The van der Waals surface area contributed by atoms with Crippen LogP contribution in [0.2, 0.25) is 0 Å². The van der Waals surface area contributed by atoms with E-state index in [1.165, 1.54) is 5.56 Å². The third-order valence-electron chi connectivity index (χ3n) is 3.37. The van der Waals surface area contributed by atoms with E-state index < -0.39 is 0 Å². The molecule has 0 aliphatic rings. The Hall–Kier alpha value is -2.17. The molecule has 21 heavy (non-hydrogen) atoms. The van der Waals surface area contributed by atoms with E-state index in [0.29, 0.717) is 19.8 Å². The summed E-state index contributed by atoms with van der Waals surface area (Å²) in [6.45, 7) is 8.00. The highest BCUT2D eigenvalue weighted by atomic mass is 16.5. The van der Waals surface area contributed by atoms with E-state index in [4.69, 9.17) is 9.47 Å². The Balaban J connectivity index is 2.16. The van der Waals surface area contributed by atoms with Crippen LogP contribution in [0.15, 0.2) is 24.4 Å². The van der Waals surface area contributed by atoms with Gasteiger partial charge in [-0.15, -0.1) is 0 Å². The van der Waals surface area contributed by atoms with Crippen LogP contribution in [0.4, 0.5) is 5.69 Å². The van der Waals surface area contributed by atoms with Crippen LogP contribution >= 0.6 is 0 Å². The molecular weight excluding hydrogens is 266 g/mol. The highest BCUT2D eigenvalue weighted by molar-refractivity contribution is 5.60. The Morgan fingerprint density at radius 2 is 1.95 bits per heavy atom. The number of rotatable bonds is 7. The molecule has 5 nitrogen and oxygen atoms in total. The highest BCUT2D eigenvalue weighted by Crippen LogP contribution is 2.30. The van der Waals surface area contributed by atoms with Gasteiger partial charge in [-0.2, -0.15) is 5.10 Å². The summed E-state index contributed by atoms with van der Waals surface area (Å²) in [5.41, 5.74) is 3.26. The van der Waals surface area contributed by atoms with Crippen LogP contribution in [0.3, 0.4) is 0 Å². The molecule has 0 amide bonds. The van der Waals surface area contributed by atoms with Crippen molar-refractivity contribution in [3.8, 4) is 11.5 Å². The normalized spacial score (nSPS) is 10.5. The Morgan fingerprint density at radius 3 is 2.57 bits per heavy atom. The lowest BCUT2D eigenvalue weighted by Gasteiger charge is -2.14. The van der Waals surface area contributed by atoms with Crippen LogP contribution in [0, 0.1) is 6.92 Å². The highest BCUT2D eigenvalue weighted by Gasteiger charge is 2.08. The van der Waals surface area contributed by atoms with E-state index in [9.17, 15) is 0 Å². The molecule has 0 fully saturated rings. The van der Waals surface area contributed by atoms with Gasteiger partial charge < -0.3 is 14.8 Å². The average molecular weight is 289 g/mol. The summed E-state index contributed by atoms with van der Waals surface area (Å²) in [6.07, 6.45) is 1.88. The first-order valence-corrected chi connectivity index (χ1v) is 7.26. The fourth-order valence-corrected chi connectivity index (χ4v) is 2.09. The van der Waals surface area contributed by atoms with Crippen molar-refractivity contribution < 1.29 is 9.47 Å². The maximum atomic E-state index is 5.66. The molecule has 2 rings (SSSR count). The number of nitrogens with zero attached hydrogens (tertiary/aromatic N) is 2. The van der Waals surface area contributed by atoms with Gasteiger partial charge in [-0.05, 0) is 32.9 Å². The first kappa shape index (κ1) is 15.2. The summed E-state index contributed by atoms with van der Waals surface area (Å²) in [7, 11) is 1.94. The fraction of sp³-hybridized carbons (Fsp3) is 0.438. The molecular formula is C16H23N3O2. The SMILES string of the molecule is CCOc1ccc(OCC)c(NCc2cnn(C)c2C)c1. The minimum Gasteiger partial charge on any atom is -0.494 e. The lowest BCUT2D eigenvalue weighted by molar-refractivity contribution is 0.332. The van der Waals surface area contributed by atoms with Gasteiger partial charge in [0.25, 0.3) is 0 Å². The van der Waals surface area contributed by atoms with Crippen molar-refractivity contribution in [2.75, 3.05) is 18.5 Å². The second-order valence-electron chi connectivity index (χ2n) is 4.76. The van der Waals surface area contributed by atoms with E-state index in [-0.39, 0.29) is 0 Å². The lowest BCUT2D eigenvalue weighted by Crippen LogP contribution is -2.04. The third kappa shape index (κ3) is 3.68. The van der Waals surface area contributed by atoms with Crippen LogP contribution in [-0.2, 0) is 13.6 Å². The molecule has 0 spiro atoms. The Labute approximate surface area is 125 Å². The predicted molar refractivity (Wildman–Crippen MR) is 84.1 cm³/mol. The van der Waals surface area contributed by atoms with Crippen LogP contribution in [0.5, 0.6) is 11.5 Å². The molecule has 1 heterocycles. The summed E-state index contributed by atoms with van der Waals surface area (Å²) < 4.78 is 13.1. The minimum atomic E-state index is 0.634. The van der Waals surface area contributed by atoms with Crippen molar-refractivity contribution in [1.29, 1.82) is 0 Å². The maximum absolute atomic E-state index is 5.66. The molecule has 1 N–H and O–H groups in total. The van der Waals surface area contributed by atoms with E-state index in [2.05, 4.69) is 17.3 Å². The van der Waals surface area contributed by atoms with Gasteiger partial charge >= 0.3 is 0 Å². The van der Waals surface area contributed by atoms with Gasteiger partial charge in [-0.3, -0.25) is 4.68 Å². The largest absolute Gasteiger partial charge is 0.494 e. The predicted octanol–water partition coefficient (Wildman–Crippen LogP) is 3.14. The average Bonchev–Trinajstić information content (AvgIpc) is 2.79. The number of hydrogen-bond donors (Lipinski definition) is 1. The van der Waals surface area contributed by atoms with Crippen LogP contribution < -0.4 is 14.8 Å². The molecule has 1 aromatic heterocycles. The fourth-order valence-electron chi connectivity index (χ4n) is 2.09.